The Hall–Kier alpha value is -0.310. The number of hydrogen-bond donors (Lipinski definition) is 2. The summed E-state index contributed by atoms with van der Waals surface area (Å²) in [6, 6.07) is -0.592. The molecule has 1 rings (SSSR count). The highest BCUT2D eigenvalue weighted by Gasteiger charge is 2.28. The summed E-state index contributed by atoms with van der Waals surface area (Å²) in [6.07, 6.45) is 0. The molecule has 0 radical (unpaired) electrons. The first kappa shape index (κ1) is 12.8. The first-order valence-corrected chi connectivity index (χ1v) is 7.32. The normalized spacial score (nSPS) is 23.9. The van der Waals surface area contributed by atoms with Crippen LogP contribution in [0.5, 0.6) is 0 Å². The molecule has 0 aliphatic carbocycles. The van der Waals surface area contributed by atoms with E-state index in [0.29, 0.717) is 12.3 Å². The second-order valence-electron chi connectivity index (χ2n) is 3.33. The molecule has 88 valence electrons. The van der Waals surface area contributed by atoms with E-state index in [1.54, 1.807) is 16.7 Å². The van der Waals surface area contributed by atoms with Gasteiger partial charge < -0.3 is 5.11 Å². The van der Waals surface area contributed by atoms with Gasteiger partial charge in [-0.3, -0.25) is 9.69 Å². The Morgan fingerprint density at radius 2 is 2.27 bits per heavy atom. The molecule has 0 aromatic heterocycles. The SMILES string of the molecule is NS(=O)(=O)CCN1CCSCC1C(=O)O. The lowest BCUT2D eigenvalue weighted by molar-refractivity contribution is -0.142. The number of hydrogen-bond acceptors (Lipinski definition) is 5. The molecule has 1 saturated heterocycles. The van der Waals surface area contributed by atoms with Crippen molar-refractivity contribution in [3.8, 4) is 0 Å². The minimum Gasteiger partial charge on any atom is -0.480 e. The molecule has 1 aliphatic rings. The summed E-state index contributed by atoms with van der Waals surface area (Å²) in [7, 11) is -3.51. The number of carboxylic acids is 1. The van der Waals surface area contributed by atoms with E-state index < -0.39 is 22.0 Å². The number of aliphatic carboxylic acids is 1. The van der Waals surface area contributed by atoms with Crippen molar-refractivity contribution in [2.24, 2.45) is 5.14 Å². The number of rotatable bonds is 4. The molecule has 8 heteroatoms. The molecule has 0 saturated carbocycles. The molecule has 0 spiro atoms. The van der Waals surface area contributed by atoms with E-state index in [0.717, 1.165) is 5.75 Å². The predicted molar refractivity (Wildman–Crippen MR) is 58.3 cm³/mol. The number of primary sulfonamides is 1. The zero-order valence-electron chi connectivity index (χ0n) is 8.13. The summed E-state index contributed by atoms with van der Waals surface area (Å²) in [5.74, 6) is 0.229. The molecule has 0 bridgehead atoms. The molecular weight excluding hydrogens is 240 g/mol. The van der Waals surface area contributed by atoms with E-state index in [1.165, 1.54) is 0 Å². The maximum atomic E-state index is 10.9. The van der Waals surface area contributed by atoms with Gasteiger partial charge in [0.1, 0.15) is 6.04 Å². The third kappa shape index (κ3) is 4.37. The maximum Gasteiger partial charge on any atom is 0.321 e. The molecule has 1 heterocycles. The van der Waals surface area contributed by atoms with Crippen molar-refractivity contribution < 1.29 is 18.3 Å². The smallest absolute Gasteiger partial charge is 0.321 e. The van der Waals surface area contributed by atoms with Crippen LogP contribution in [-0.2, 0) is 14.8 Å². The van der Waals surface area contributed by atoms with Crippen LogP contribution in [-0.4, -0.2) is 60.8 Å². The Labute approximate surface area is 92.9 Å². The average molecular weight is 254 g/mol. The Kier molecular flexibility index (Phi) is 4.38. The van der Waals surface area contributed by atoms with Crippen molar-refractivity contribution >= 4 is 27.8 Å². The highest BCUT2D eigenvalue weighted by molar-refractivity contribution is 7.99. The molecule has 1 atom stereocenters. The molecule has 1 fully saturated rings. The summed E-state index contributed by atoms with van der Waals surface area (Å²) in [5.41, 5.74) is 0. The van der Waals surface area contributed by atoms with Crippen LogP contribution in [0.1, 0.15) is 0 Å². The van der Waals surface area contributed by atoms with E-state index in [4.69, 9.17) is 10.2 Å². The number of sulfonamides is 1. The molecule has 0 amide bonds. The first-order chi connectivity index (χ1) is 6.90. The number of nitrogens with two attached hydrogens (primary N) is 1. The van der Waals surface area contributed by atoms with Crippen LogP contribution in [0.4, 0.5) is 0 Å². The highest BCUT2D eigenvalue weighted by Crippen LogP contribution is 2.16. The number of carbonyl (C=O) groups is 1. The fraction of sp³-hybridized carbons (Fsp3) is 0.857. The number of nitrogens with zero attached hydrogens (tertiary/aromatic N) is 1. The van der Waals surface area contributed by atoms with Crippen LogP contribution < -0.4 is 5.14 Å². The first-order valence-electron chi connectivity index (χ1n) is 4.45. The molecule has 0 aromatic carbocycles. The van der Waals surface area contributed by atoms with Gasteiger partial charge in [0, 0.05) is 24.6 Å². The quantitative estimate of drug-likeness (QED) is 0.652. The van der Waals surface area contributed by atoms with Gasteiger partial charge in [-0.25, -0.2) is 13.6 Å². The van der Waals surface area contributed by atoms with Crippen molar-refractivity contribution in [2.45, 2.75) is 6.04 Å². The van der Waals surface area contributed by atoms with Gasteiger partial charge in [-0.1, -0.05) is 0 Å². The van der Waals surface area contributed by atoms with Crippen molar-refractivity contribution in [1.29, 1.82) is 0 Å². The van der Waals surface area contributed by atoms with Crippen LogP contribution in [0.2, 0.25) is 0 Å². The highest BCUT2D eigenvalue weighted by atomic mass is 32.2. The van der Waals surface area contributed by atoms with Crippen LogP contribution in [0.15, 0.2) is 0 Å². The lowest BCUT2D eigenvalue weighted by Gasteiger charge is -2.32. The van der Waals surface area contributed by atoms with Gasteiger partial charge in [0.25, 0.3) is 0 Å². The van der Waals surface area contributed by atoms with Gasteiger partial charge in [-0.15, -0.1) is 0 Å². The van der Waals surface area contributed by atoms with Crippen molar-refractivity contribution in [2.75, 3.05) is 30.3 Å². The standard InChI is InChI=1S/C7H14N2O4S2/c8-15(12,13)4-2-9-1-3-14-5-6(9)7(10)11/h6H,1-5H2,(H,10,11)(H2,8,12,13). The van der Waals surface area contributed by atoms with Gasteiger partial charge in [0.05, 0.1) is 5.75 Å². The average Bonchev–Trinajstić information content (AvgIpc) is 2.14. The molecule has 1 unspecified atom stereocenters. The Morgan fingerprint density at radius 1 is 1.60 bits per heavy atom. The molecular formula is C7H14N2O4S2. The molecule has 1 aliphatic heterocycles. The van der Waals surface area contributed by atoms with Crippen LogP contribution in [0.3, 0.4) is 0 Å². The summed E-state index contributed by atoms with van der Waals surface area (Å²) in [4.78, 5) is 12.5. The number of carboxylic acid groups (broad SMARTS) is 1. The topological polar surface area (TPSA) is 101 Å². The lowest BCUT2D eigenvalue weighted by atomic mass is 10.3. The molecule has 15 heavy (non-hydrogen) atoms. The second kappa shape index (κ2) is 5.15. The second-order valence-corrected chi connectivity index (χ2v) is 6.22. The third-order valence-corrected chi connectivity index (χ3v) is 3.96. The van der Waals surface area contributed by atoms with E-state index in [1.807, 2.05) is 0 Å². The van der Waals surface area contributed by atoms with E-state index in [-0.39, 0.29) is 12.3 Å². The fourth-order valence-electron chi connectivity index (χ4n) is 1.38. The lowest BCUT2D eigenvalue weighted by Crippen LogP contribution is -2.49. The molecule has 3 N–H and O–H groups in total. The third-order valence-electron chi connectivity index (χ3n) is 2.19. The number of thioether (sulfide) groups is 1. The Balaban J connectivity index is 2.54. The summed E-state index contributed by atoms with van der Waals surface area (Å²) in [6.45, 7) is 0.785. The fourth-order valence-corrected chi connectivity index (χ4v) is 2.97. The van der Waals surface area contributed by atoms with E-state index in [2.05, 4.69) is 0 Å². The predicted octanol–water partition coefficient (Wildman–Crippen LogP) is -1.22. The van der Waals surface area contributed by atoms with Crippen LogP contribution in [0.25, 0.3) is 0 Å². The van der Waals surface area contributed by atoms with E-state index >= 15 is 0 Å². The van der Waals surface area contributed by atoms with Gasteiger partial charge in [-0.2, -0.15) is 11.8 Å². The zero-order valence-corrected chi connectivity index (χ0v) is 9.76. The summed E-state index contributed by atoms with van der Waals surface area (Å²) in [5, 5.41) is 13.8. The zero-order chi connectivity index (χ0) is 11.5. The van der Waals surface area contributed by atoms with Gasteiger partial charge in [0.2, 0.25) is 10.0 Å². The van der Waals surface area contributed by atoms with Crippen molar-refractivity contribution in [3.05, 3.63) is 0 Å². The summed E-state index contributed by atoms with van der Waals surface area (Å²) >= 11 is 1.57. The largest absolute Gasteiger partial charge is 0.480 e. The minimum atomic E-state index is -3.51. The monoisotopic (exact) mass is 254 g/mol. The van der Waals surface area contributed by atoms with Gasteiger partial charge >= 0.3 is 5.97 Å². The van der Waals surface area contributed by atoms with Crippen molar-refractivity contribution in [1.82, 2.24) is 4.90 Å². The van der Waals surface area contributed by atoms with Gasteiger partial charge in [-0.05, 0) is 0 Å². The Bertz CT molecular complexity index is 330. The Morgan fingerprint density at radius 3 is 2.80 bits per heavy atom. The van der Waals surface area contributed by atoms with Crippen LogP contribution >= 0.6 is 11.8 Å². The van der Waals surface area contributed by atoms with Gasteiger partial charge in [0.15, 0.2) is 0 Å². The summed E-state index contributed by atoms with van der Waals surface area (Å²) < 4.78 is 21.5. The molecule has 0 aromatic rings. The van der Waals surface area contributed by atoms with Crippen LogP contribution in [0, 0.1) is 0 Å². The minimum absolute atomic E-state index is 0.191. The van der Waals surface area contributed by atoms with Crippen molar-refractivity contribution in [3.63, 3.8) is 0 Å². The molecule has 6 nitrogen and oxygen atoms in total. The maximum absolute atomic E-state index is 10.9. The van der Waals surface area contributed by atoms with E-state index in [9.17, 15) is 13.2 Å².